The molecule has 0 saturated heterocycles. The van der Waals surface area contributed by atoms with Crippen LogP contribution in [0.3, 0.4) is 0 Å². The fourth-order valence-electron chi connectivity index (χ4n) is 1.93. The Labute approximate surface area is 108 Å². The van der Waals surface area contributed by atoms with Crippen LogP contribution in [0.5, 0.6) is 5.75 Å². The molecule has 1 heterocycles. The molecular formula is C13H13F3N2O. The Morgan fingerprint density at radius 3 is 2.47 bits per heavy atom. The van der Waals surface area contributed by atoms with E-state index in [4.69, 9.17) is 0 Å². The number of halogens is 3. The predicted octanol–water partition coefficient (Wildman–Crippen LogP) is 3.86. The summed E-state index contributed by atoms with van der Waals surface area (Å²) in [5.74, 6) is -0.410. The lowest BCUT2D eigenvalue weighted by atomic mass is 10.0. The summed E-state index contributed by atoms with van der Waals surface area (Å²) in [6, 6.07) is 4.70. The zero-order chi connectivity index (χ0) is 14.2. The highest BCUT2D eigenvalue weighted by molar-refractivity contribution is 5.66. The summed E-state index contributed by atoms with van der Waals surface area (Å²) in [5, 5.41) is 13.3. The maximum absolute atomic E-state index is 13.0. The lowest BCUT2D eigenvalue weighted by molar-refractivity contribution is -0.137. The van der Waals surface area contributed by atoms with E-state index in [2.05, 4.69) is 5.10 Å². The molecule has 0 unspecified atom stereocenters. The van der Waals surface area contributed by atoms with Crippen LogP contribution < -0.4 is 0 Å². The lowest BCUT2D eigenvalue weighted by Gasteiger charge is -2.16. The molecule has 0 aliphatic heterocycles. The molecule has 6 heteroatoms. The molecule has 0 spiro atoms. The van der Waals surface area contributed by atoms with Crippen molar-refractivity contribution in [2.24, 2.45) is 0 Å². The minimum atomic E-state index is -4.53. The van der Waals surface area contributed by atoms with Crippen LogP contribution in [0, 0.1) is 0 Å². The van der Waals surface area contributed by atoms with E-state index >= 15 is 0 Å². The van der Waals surface area contributed by atoms with Crippen LogP contribution in [0.4, 0.5) is 13.2 Å². The molecule has 19 heavy (non-hydrogen) atoms. The monoisotopic (exact) mass is 270 g/mol. The summed E-state index contributed by atoms with van der Waals surface area (Å²) >= 11 is 0. The number of hydrogen-bond donors (Lipinski definition) is 1. The van der Waals surface area contributed by atoms with E-state index in [1.165, 1.54) is 29.1 Å². The zero-order valence-electron chi connectivity index (χ0n) is 10.4. The number of aromatic nitrogens is 2. The van der Waals surface area contributed by atoms with E-state index in [9.17, 15) is 18.3 Å². The molecule has 0 aliphatic carbocycles. The van der Waals surface area contributed by atoms with Crippen molar-refractivity contribution in [2.45, 2.75) is 26.1 Å². The Morgan fingerprint density at radius 2 is 1.89 bits per heavy atom. The molecule has 1 N–H and O–H groups in total. The van der Waals surface area contributed by atoms with Gasteiger partial charge in [0.2, 0.25) is 0 Å². The van der Waals surface area contributed by atoms with Gasteiger partial charge in [-0.25, -0.2) is 0 Å². The van der Waals surface area contributed by atoms with Crippen molar-refractivity contribution in [3.05, 3.63) is 36.0 Å². The second-order valence-electron chi connectivity index (χ2n) is 4.48. The average molecular weight is 270 g/mol. The molecule has 102 valence electrons. The second-order valence-corrected chi connectivity index (χ2v) is 4.48. The van der Waals surface area contributed by atoms with Crippen molar-refractivity contribution in [1.82, 2.24) is 9.78 Å². The molecule has 0 atom stereocenters. The molecule has 0 bridgehead atoms. The highest BCUT2D eigenvalue weighted by Crippen LogP contribution is 2.39. The van der Waals surface area contributed by atoms with Gasteiger partial charge in [-0.2, -0.15) is 18.3 Å². The van der Waals surface area contributed by atoms with Crippen molar-refractivity contribution in [1.29, 1.82) is 0 Å². The topological polar surface area (TPSA) is 38.0 Å². The minimum absolute atomic E-state index is 0.0106. The molecule has 1 aromatic carbocycles. The fraction of sp³-hybridized carbons (Fsp3) is 0.308. The van der Waals surface area contributed by atoms with Crippen molar-refractivity contribution in [3.63, 3.8) is 0 Å². The normalized spacial score (nSPS) is 12.1. The molecular weight excluding hydrogens is 257 g/mol. The lowest BCUT2D eigenvalue weighted by Crippen LogP contribution is -2.10. The van der Waals surface area contributed by atoms with Gasteiger partial charge in [-0.15, -0.1) is 0 Å². The molecule has 0 amide bonds. The Kier molecular flexibility index (Phi) is 3.26. The number of nitrogens with zero attached hydrogens (tertiary/aromatic N) is 2. The van der Waals surface area contributed by atoms with Crippen molar-refractivity contribution < 1.29 is 18.3 Å². The molecule has 0 fully saturated rings. The van der Waals surface area contributed by atoms with E-state index in [-0.39, 0.29) is 11.6 Å². The molecule has 0 aliphatic rings. The Morgan fingerprint density at radius 1 is 1.21 bits per heavy atom. The number of phenolic OH excluding ortho intramolecular Hbond substituents is 1. The Balaban J connectivity index is 2.65. The summed E-state index contributed by atoms with van der Waals surface area (Å²) in [6.07, 6.45) is -3.07. The maximum Gasteiger partial charge on any atom is 0.417 e. The molecule has 3 nitrogen and oxygen atoms in total. The van der Waals surface area contributed by atoms with Crippen LogP contribution >= 0.6 is 0 Å². The van der Waals surface area contributed by atoms with Crippen molar-refractivity contribution in [3.8, 4) is 17.0 Å². The second kappa shape index (κ2) is 4.60. The summed E-state index contributed by atoms with van der Waals surface area (Å²) in [5.41, 5.74) is -0.478. The molecule has 1 aromatic heterocycles. The third-order valence-electron chi connectivity index (χ3n) is 2.74. The van der Waals surface area contributed by atoms with Crippen molar-refractivity contribution in [2.75, 3.05) is 0 Å². The first-order valence-electron chi connectivity index (χ1n) is 5.75. The van der Waals surface area contributed by atoms with Gasteiger partial charge in [0, 0.05) is 17.8 Å². The molecule has 2 aromatic rings. The average Bonchev–Trinajstić information content (AvgIpc) is 2.76. The van der Waals surface area contributed by atoms with E-state index in [1.807, 2.05) is 13.8 Å². The maximum atomic E-state index is 13.0. The largest absolute Gasteiger partial charge is 0.508 e. The standard InChI is InChI=1S/C13H13F3N2O/c1-8(2)18-12(5-6-17-18)10-4-3-9(19)7-11(10)13(14,15)16/h3-8,19H,1-2H3. The first-order chi connectivity index (χ1) is 8.80. The van der Waals surface area contributed by atoms with Crippen LogP contribution in [-0.4, -0.2) is 14.9 Å². The van der Waals surface area contributed by atoms with Gasteiger partial charge in [-0.1, -0.05) is 0 Å². The first kappa shape index (κ1) is 13.5. The van der Waals surface area contributed by atoms with Gasteiger partial charge >= 0.3 is 6.18 Å². The van der Waals surface area contributed by atoms with Crippen LogP contribution in [-0.2, 0) is 6.18 Å². The fourth-order valence-corrected chi connectivity index (χ4v) is 1.93. The number of hydrogen-bond acceptors (Lipinski definition) is 2. The minimum Gasteiger partial charge on any atom is -0.508 e. The third kappa shape index (κ3) is 2.57. The highest BCUT2D eigenvalue weighted by Gasteiger charge is 2.34. The van der Waals surface area contributed by atoms with Crippen LogP contribution in [0.2, 0.25) is 0 Å². The predicted molar refractivity (Wildman–Crippen MR) is 64.7 cm³/mol. The number of rotatable bonds is 2. The summed E-state index contributed by atoms with van der Waals surface area (Å²) in [7, 11) is 0. The van der Waals surface area contributed by atoms with E-state index in [0.29, 0.717) is 5.69 Å². The molecule has 0 radical (unpaired) electrons. The summed E-state index contributed by atoms with van der Waals surface area (Å²) in [6.45, 7) is 3.67. The van der Waals surface area contributed by atoms with E-state index in [1.54, 1.807) is 0 Å². The molecule has 0 saturated carbocycles. The van der Waals surface area contributed by atoms with Gasteiger partial charge in [-0.3, -0.25) is 4.68 Å². The SMILES string of the molecule is CC(C)n1nccc1-c1ccc(O)cc1C(F)(F)F. The van der Waals surface area contributed by atoms with Gasteiger partial charge in [0.05, 0.1) is 11.3 Å². The van der Waals surface area contributed by atoms with Gasteiger partial charge in [0.1, 0.15) is 5.75 Å². The van der Waals surface area contributed by atoms with Crippen LogP contribution in [0.25, 0.3) is 11.3 Å². The van der Waals surface area contributed by atoms with Crippen LogP contribution in [0.1, 0.15) is 25.5 Å². The number of phenols is 1. The van der Waals surface area contributed by atoms with Gasteiger partial charge in [0.15, 0.2) is 0 Å². The van der Waals surface area contributed by atoms with Gasteiger partial charge < -0.3 is 5.11 Å². The Hall–Kier alpha value is -1.98. The third-order valence-corrected chi connectivity index (χ3v) is 2.74. The van der Waals surface area contributed by atoms with E-state index in [0.717, 1.165) is 6.07 Å². The number of alkyl halides is 3. The number of benzene rings is 1. The highest BCUT2D eigenvalue weighted by atomic mass is 19.4. The smallest absolute Gasteiger partial charge is 0.417 e. The summed E-state index contributed by atoms with van der Waals surface area (Å²) < 4.78 is 40.6. The Bertz CT molecular complexity index is 588. The summed E-state index contributed by atoms with van der Waals surface area (Å²) in [4.78, 5) is 0. The number of aromatic hydroxyl groups is 1. The quantitative estimate of drug-likeness (QED) is 0.900. The van der Waals surface area contributed by atoms with Crippen LogP contribution in [0.15, 0.2) is 30.5 Å². The van der Waals surface area contributed by atoms with E-state index < -0.39 is 17.5 Å². The first-order valence-corrected chi connectivity index (χ1v) is 5.75. The zero-order valence-corrected chi connectivity index (χ0v) is 10.4. The van der Waals surface area contributed by atoms with Gasteiger partial charge in [-0.05, 0) is 38.1 Å². The van der Waals surface area contributed by atoms with Gasteiger partial charge in [0.25, 0.3) is 0 Å². The molecule has 2 rings (SSSR count). The van der Waals surface area contributed by atoms with Crippen molar-refractivity contribution >= 4 is 0 Å².